The summed E-state index contributed by atoms with van der Waals surface area (Å²) in [4.78, 5) is 23.3. The maximum Gasteiger partial charge on any atom is 0.224 e. The van der Waals surface area contributed by atoms with Gasteiger partial charge in [0.05, 0.1) is 6.42 Å². The Kier molecular flexibility index (Phi) is 5.08. The van der Waals surface area contributed by atoms with E-state index in [4.69, 9.17) is 0 Å². The van der Waals surface area contributed by atoms with Gasteiger partial charge in [-0.15, -0.1) is 0 Å². The molecule has 1 aliphatic rings. The second kappa shape index (κ2) is 7.43. The van der Waals surface area contributed by atoms with Gasteiger partial charge in [0.25, 0.3) is 0 Å². The number of hydrogen-bond acceptors (Lipinski definition) is 4. The van der Waals surface area contributed by atoms with E-state index < -0.39 is 0 Å². The number of nitrogens with zero attached hydrogens (tertiary/aromatic N) is 3. The Labute approximate surface area is 143 Å². The third-order valence-corrected chi connectivity index (χ3v) is 4.39. The van der Waals surface area contributed by atoms with Crippen molar-refractivity contribution >= 4 is 11.7 Å². The molecule has 24 heavy (non-hydrogen) atoms. The number of anilines is 1. The zero-order chi connectivity index (χ0) is 16.9. The molecular formula is C19H24N4O. The molecule has 5 heteroatoms. The first-order valence-corrected chi connectivity index (χ1v) is 8.49. The highest BCUT2D eigenvalue weighted by Gasteiger charge is 2.21. The van der Waals surface area contributed by atoms with Crippen LogP contribution in [0.25, 0.3) is 0 Å². The van der Waals surface area contributed by atoms with E-state index in [0.29, 0.717) is 6.42 Å². The smallest absolute Gasteiger partial charge is 0.224 e. The number of amides is 1. The van der Waals surface area contributed by atoms with Crippen molar-refractivity contribution in [3.8, 4) is 0 Å². The summed E-state index contributed by atoms with van der Waals surface area (Å²) in [5.74, 6) is 1.11. The van der Waals surface area contributed by atoms with Crippen LogP contribution in [0.1, 0.15) is 29.8 Å². The van der Waals surface area contributed by atoms with Gasteiger partial charge in [-0.2, -0.15) is 0 Å². The minimum Gasteiger partial charge on any atom is -0.356 e. The summed E-state index contributed by atoms with van der Waals surface area (Å²) in [6, 6.07) is 10.3. The van der Waals surface area contributed by atoms with Crippen molar-refractivity contribution in [2.24, 2.45) is 0 Å². The first kappa shape index (κ1) is 16.4. The van der Waals surface area contributed by atoms with Gasteiger partial charge in [0.2, 0.25) is 5.91 Å². The SMILES string of the molecule is Cc1ccc(CC(=O)NC2CCN(c3cccc(C)n3)CC2)cn1. The largest absolute Gasteiger partial charge is 0.356 e. The lowest BCUT2D eigenvalue weighted by Crippen LogP contribution is -2.45. The summed E-state index contributed by atoms with van der Waals surface area (Å²) in [6.07, 6.45) is 4.08. The highest BCUT2D eigenvalue weighted by Crippen LogP contribution is 2.18. The van der Waals surface area contributed by atoms with Crippen molar-refractivity contribution in [1.82, 2.24) is 15.3 Å². The third-order valence-electron chi connectivity index (χ3n) is 4.39. The van der Waals surface area contributed by atoms with Crippen LogP contribution in [0.4, 0.5) is 5.82 Å². The molecule has 1 amide bonds. The molecule has 2 aromatic rings. The molecular weight excluding hydrogens is 300 g/mol. The Hall–Kier alpha value is -2.43. The van der Waals surface area contributed by atoms with Crippen molar-refractivity contribution in [3.05, 3.63) is 53.5 Å². The Balaban J connectivity index is 1.48. The normalized spacial score (nSPS) is 15.3. The molecule has 3 heterocycles. The topological polar surface area (TPSA) is 58.1 Å². The number of hydrogen-bond donors (Lipinski definition) is 1. The molecule has 1 saturated heterocycles. The minimum absolute atomic E-state index is 0.0767. The van der Waals surface area contributed by atoms with Gasteiger partial charge < -0.3 is 10.2 Å². The van der Waals surface area contributed by atoms with Crippen LogP contribution in [0, 0.1) is 13.8 Å². The van der Waals surface area contributed by atoms with Crippen LogP contribution < -0.4 is 10.2 Å². The van der Waals surface area contributed by atoms with Gasteiger partial charge in [-0.3, -0.25) is 9.78 Å². The van der Waals surface area contributed by atoms with Crippen molar-refractivity contribution in [2.45, 2.75) is 39.2 Å². The number of piperidine rings is 1. The van der Waals surface area contributed by atoms with Gasteiger partial charge in [-0.25, -0.2) is 4.98 Å². The maximum absolute atomic E-state index is 12.2. The summed E-state index contributed by atoms with van der Waals surface area (Å²) in [7, 11) is 0. The Bertz CT molecular complexity index is 691. The van der Waals surface area contributed by atoms with E-state index in [-0.39, 0.29) is 11.9 Å². The molecule has 0 spiro atoms. The molecule has 3 rings (SSSR count). The lowest BCUT2D eigenvalue weighted by atomic mass is 10.0. The first-order valence-electron chi connectivity index (χ1n) is 8.49. The second-order valence-electron chi connectivity index (χ2n) is 6.45. The number of rotatable bonds is 4. The van der Waals surface area contributed by atoms with Crippen molar-refractivity contribution in [1.29, 1.82) is 0 Å². The van der Waals surface area contributed by atoms with Crippen molar-refractivity contribution < 1.29 is 4.79 Å². The molecule has 5 nitrogen and oxygen atoms in total. The summed E-state index contributed by atoms with van der Waals surface area (Å²) in [5, 5.41) is 3.15. The molecule has 0 saturated carbocycles. The van der Waals surface area contributed by atoms with Gasteiger partial charge in [0.1, 0.15) is 5.82 Å². The van der Waals surface area contributed by atoms with Gasteiger partial charge in [0.15, 0.2) is 0 Å². The second-order valence-corrected chi connectivity index (χ2v) is 6.45. The standard InChI is InChI=1S/C19H24N4O/c1-14-6-7-16(13-20-14)12-19(24)22-17-8-10-23(11-9-17)18-5-3-4-15(2)21-18/h3-7,13,17H,8-12H2,1-2H3,(H,22,24). The lowest BCUT2D eigenvalue weighted by molar-refractivity contribution is -0.121. The predicted molar refractivity (Wildman–Crippen MR) is 95.0 cm³/mol. The highest BCUT2D eigenvalue weighted by molar-refractivity contribution is 5.78. The average molecular weight is 324 g/mol. The van der Waals surface area contributed by atoms with Crippen molar-refractivity contribution in [2.75, 3.05) is 18.0 Å². The minimum atomic E-state index is 0.0767. The zero-order valence-electron chi connectivity index (χ0n) is 14.3. The van der Waals surface area contributed by atoms with Crippen LogP contribution in [0.2, 0.25) is 0 Å². The molecule has 0 aliphatic carbocycles. The predicted octanol–water partition coefficient (Wildman–Crippen LogP) is 2.42. The Morgan fingerprint density at radius 3 is 2.62 bits per heavy atom. The third kappa shape index (κ3) is 4.31. The van der Waals surface area contributed by atoms with E-state index in [1.807, 2.05) is 38.1 Å². The highest BCUT2D eigenvalue weighted by atomic mass is 16.1. The molecule has 1 fully saturated rings. The quantitative estimate of drug-likeness (QED) is 0.938. The average Bonchev–Trinajstić information content (AvgIpc) is 2.58. The van der Waals surface area contributed by atoms with Crippen LogP contribution in [0.15, 0.2) is 36.5 Å². The van der Waals surface area contributed by atoms with Gasteiger partial charge in [-0.1, -0.05) is 12.1 Å². The number of nitrogens with one attached hydrogen (secondary N) is 1. The molecule has 0 atom stereocenters. The molecule has 1 N–H and O–H groups in total. The lowest BCUT2D eigenvalue weighted by Gasteiger charge is -2.33. The van der Waals surface area contributed by atoms with E-state index >= 15 is 0 Å². The Morgan fingerprint density at radius 1 is 1.17 bits per heavy atom. The van der Waals surface area contributed by atoms with E-state index in [2.05, 4.69) is 26.3 Å². The van der Waals surface area contributed by atoms with Crippen LogP contribution in [0.5, 0.6) is 0 Å². The molecule has 0 aromatic carbocycles. The number of pyridine rings is 2. The summed E-state index contributed by atoms with van der Waals surface area (Å²) in [5.41, 5.74) is 2.96. The van der Waals surface area contributed by atoms with Crippen LogP contribution in [-0.2, 0) is 11.2 Å². The number of aryl methyl sites for hydroxylation is 2. The van der Waals surface area contributed by atoms with E-state index in [0.717, 1.165) is 48.7 Å². The fourth-order valence-corrected chi connectivity index (χ4v) is 3.02. The van der Waals surface area contributed by atoms with E-state index in [1.165, 1.54) is 0 Å². The Morgan fingerprint density at radius 2 is 1.96 bits per heavy atom. The number of aromatic nitrogens is 2. The summed E-state index contributed by atoms with van der Waals surface area (Å²) < 4.78 is 0. The molecule has 0 unspecified atom stereocenters. The van der Waals surface area contributed by atoms with E-state index in [1.54, 1.807) is 6.20 Å². The van der Waals surface area contributed by atoms with Crippen LogP contribution in [-0.4, -0.2) is 35.0 Å². The molecule has 126 valence electrons. The van der Waals surface area contributed by atoms with Crippen LogP contribution in [0.3, 0.4) is 0 Å². The number of carbonyl (C=O) groups is 1. The van der Waals surface area contributed by atoms with Gasteiger partial charge in [0, 0.05) is 36.7 Å². The zero-order valence-corrected chi connectivity index (χ0v) is 14.3. The molecule has 0 bridgehead atoms. The molecule has 1 aliphatic heterocycles. The maximum atomic E-state index is 12.2. The fraction of sp³-hybridized carbons (Fsp3) is 0.421. The number of carbonyl (C=O) groups excluding carboxylic acids is 1. The van der Waals surface area contributed by atoms with Gasteiger partial charge in [-0.05, 0) is 50.5 Å². The van der Waals surface area contributed by atoms with E-state index in [9.17, 15) is 4.79 Å². The summed E-state index contributed by atoms with van der Waals surface area (Å²) >= 11 is 0. The van der Waals surface area contributed by atoms with Crippen LogP contribution >= 0.6 is 0 Å². The monoisotopic (exact) mass is 324 g/mol. The molecule has 0 radical (unpaired) electrons. The van der Waals surface area contributed by atoms with Gasteiger partial charge >= 0.3 is 0 Å². The molecule has 2 aromatic heterocycles. The first-order chi connectivity index (χ1) is 11.6. The fourth-order valence-electron chi connectivity index (χ4n) is 3.02. The summed E-state index contributed by atoms with van der Waals surface area (Å²) in [6.45, 7) is 5.80. The van der Waals surface area contributed by atoms with Crippen molar-refractivity contribution in [3.63, 3.8) is 0 Å².